The van der Waals surface area contributed by atoms with E-state index in [0.717, 1.165) is 44.7 Å². The fourth-order valence-corrected chi connectivity index (χ4v) is 3.93. The first-order valence-electron chi connectivity index (χ1n) is 10.4. The summed E-state index contributed by atoms with van der Waals surface area (Å²) in [5, 5.41) is 3.14. The zero-order chi connectivity index (χ0) is 20.8. The van der Waals surface area contributed by atoms with Gasteiger partial charge in [-0.05, 0) is 51.0 Å². The van der Waals surface area contributed by atoms with Gasteiger partial charge in [-0.2, -0.15) is 0 Å². The Balaban J connectivity index is 1.42. The average Bonchev–Trinajstić information content (AvgIpc) is 2.74. The number of rotatable bonds is 5. The second kappa shape index (κ2) is 9.91. The van der Waals surface area contributed by atoms with Gasteiger partial charge in [0.15, 0.2) is 0 Å². The Hall–Kier alpha value is -2.35. The van der Waals surface area contributed by atoms with Crippen LogP contribution in [0.4, 0.5) is 14.9 Å². The van der Waals surface area contributed by atoms with Crippen LogP contribution < -0.4 is 10.2 Å². The summed E-state index contributed by atoms with van der Waals surface area (Å²) in [5.41, 5.74) is 1.01. The zero-order valence-corrected chi connectivity index (χ0v) is 17.3. The Labute approximate surface area is 171 Å². The summed E-state index contributed by atoms with van der Waals surface area (Å²) < 4.78 is 18.1. The Bertz CT molecular complexity index is 684. The van der Waals surface area contributed by atoms with Gasteiger partial charge < -0.3 is 19.9 Å². The van der Waals surface area contributed by atoms with Crippen LogP contribution in [0.1, 0.15) is 26.7 Å². The zero-order valence-electron chi connectivity index (χ0n) is 17.3. The molecule has 1 aromatic rings. The summed E-state index contributed by atoms with van der Waals surface area (Å²) in [4.78, 5) is 30.6. The maximum Gasteiger partial charge on any atom is 0.409 e. The van der Waals surface area contributed by atoms with E-state index in [1.54, 1.807) is 24.0 Å². The van der Waals surface area contributed by atoms with Gasteiger partial charge in [0.25, 0.3) is 0 Å². The van der Waals surface area contributed by atoms with Gasteiger partial charge in [0, 0.05) is 51.0 Å². The molecule has 2 aliphatic heterocycles. The van der Waals surface area contributed by atoms with Crippen LogP contribution in [0.3, 0.4) is 0 Å². The molecule has 2 fully saturated rings. The van der Waals surface area contributed by atoms with E-state index in [2.05, 4.69) is 15.1 Å². The highest BCUT2D eigenvalue weighted by Crippen LogP contribution is 2.18. The molecule has 0 spiro atoms. The molecule has 2 amide bonds. The van der Waals surface area contributed by atoms with Crippen LogP contribution >= 0.6 is 0 Å². The topological polar surface area (TPSA) is 65.1 Å². The Morgan fingerprint density at radius 3 is 2.31 bits per heavy atom. The Kier molecular flexibility index (Phi) is 7.30. The van der Waals surface area contributed by atoms with E-state index in [4.69, 9.17) is 4.74 Å². The number of halogens is 1. The fourth-order valence-electron chi connectivity index (χ4n) is 3.93. The molecule has 1 aromatic carbocycles. The number of hydrogen-bond donors (Lipinski definition) is 1. The number of piperazine rings is 1. The molecule has 7 nitrogen and oxygen atoms in total. The van der Waals surface area contributed by atoms with Crippen molar-refractivity contribution in [3.05, 3.63) is 30.1 Å². The van der Waals surface area contributed by atoms with Crippen molar-refractivity contribution in [1.82, 2.24) is 15.1 Å². The number of amides is 2. The highest BCUT2D eigenvalue weighted by atomic mass is 19.1. The monoisotopic (exact) mass is 406 g/mol. The van der Waals surface area contributed by atoms with Crippen LogP contribution in [0, 0.1) is 5.82 Å². The van der Waals surface area contributed by atoms with Gasteiger partial charge >= 0.3 is 6.09 Å². The van der Waals surface area contributed by atoms with Gasteiger partial charge in [0.05, 0.1) is 12.6 Å². The first-order valence-corrected chi connectivity index (χ1v) is 10.4. The highest BCUT2D eigenvalue weighted by molar-refractivity contribution is 5.81. The highest BCUT2D eigenvalue weighted by Gasteiger charge is 2.29. The van der Waals surface area contributed by atoms with Crippen molar-refractivity contribution in [2.75, 3.05) is 50.8 Å². The Morgan fingerprint density at radius 2 is 1.72 bits per heavy atom. The minimum absolute atomic E-state index is 0.0369. The number of hydrogen-bond acceptors (Lipinski definition) is 5. The van der Waals surface area contributed by atoms with Crippen molar-refractivity contribution in [3.8, 4) is 0 Å². The van der Waals surface area contributed by atoms with E-state index in [1.807, 2.05) is 6.92 Å². The normalized spacial score (nSPS) is 19.7. The molecule has 0 saturated carbocycles. The van der Waals surface area contributed by atoms with E-state index in [-0.39, 0.29) is 29.9 Å². The van der Waals surface area contributed by atoms with E-state index in [0.29, 0.717) is 19.7 Å². The van der Waals surface area contributed by atoms with Crippen molar-refractivity contribution >= 4 is 17.7 Å². The van der Waals surface area contributed by atoms with E-state index >= 15 is 0 Å². The second-order valence-corrected chi connectivity index (χ2v) is 7.64. The number of nitrogens with zero attached hydrogens (tertiary/aromatic N) is 3. The van der Waals surface area contributed by atoms with Crippen LogP contribution in [-0.4, -0.2) is 79.8 Å². The summed E-state index contributed by atoms with van der Waals surface area (Å²) >= 11 is 0. The largest absolute Gasteiger partial charge is 0.450 e. The van der Waals surface area contributed by atoms with Crippen molar-refractivity contribution < 1.29 is 18.7 Å². The molecule has 2 aliphatic rings. The third-order valence-electron chi connectivity index (χ3n) is 5.80. The third-order valence-corrected chi connectivity index (χ3v) is 5.80. The number of piperidine rings is 1. The van der Waals surface area contributed by atoms with Gasteiger partial charge in [-0.3, -0.25) is 9.69 Å². The molecule has 1 N–H and O–H groups in total. The summed E-state index contributed by atoms with van der Waals surface area (Å²) in [6.45, 7) is 8.51. The molecule has 0 aliphatic carbocycles. The number of likely N-dealkylation sites (tertiary alicyclic amines) is 1. The maximum absolute atomic E-state index is 13.1. The van der Waals surface area contributed by atoms with E-state index in [1.165, 1.54) is 12.1 Å². The van der Waals surface area contributed by atoms with Crippen LogP contribution in [0.15, 0.2) is 24.3 Å². The number of anilines is 1. The maximum atomic E-state index is 13.1. The van der Waals surface area contributed by atoms with Crippen LogP contribution in [-0.2, 0) is 9.53 Å². The molecule has 1 atom stereocenters. The van der Waals surface area contributed by atoms with Crippen molar-refractivity contribution in [1.29, 1.82) is 0 Å². The molecule has 2 heterocycles. The molecular weight excluding hydrogens is 375 g/mol. The molecule has 0 aromatic heterocycles. The lowest BCUT2D eigenvalue weighted by atomic mass is 10.0. The smallest absolute Gasteiger partial charge is 0.409 e. The lowest BCUT2D eigenvalue weighted by Crippen LogP contribution is -2.56. The number of ether oxygens (including phenoxy) is 1. The molecule has 0 radical (unpaired) electrons. The molecule has 3 rings (SSSR count). The predicted molar refractivity (Wildman–Crippen MR) is 109 cm³/mol. The second-order valence-electron chi connectivity index (χ2n) is 7.64. The molecule has 1 unspecified atom stereocenters. The van der Waals surface area contributed by atoms with E-state index < -0.39 is 0 Å². The van der Waals surface area contributed by atoms with Gasteiger partial charge in [-0.25, -0.2) is 9.18 Å². The van der Waals surface area contributed by atoms with Gasteiger partial charge in [0.2, 0.25) is 5.91 Å². The molecule has 8 heteroatoms. The van der Waals surface area contributed by atoms with E-state index in [9.17, 15) is 14.0 Å². The van der Waals surface area contributed by atoms with Crippen LogP contribution in [0.2, 0.25) is 0 Å². The number of benzene rings is 1. The molecule has 160 valence electrons. The average molecular weight is 407 g/mol. The number of carbonyl (C=O) groups excluding carboxylic acids is 2. The predicted octanol–water partition coefficient (Wildman–Crippen LogP) is 2.07. The van der Waals surface area contributed by atoms with Gasteiger partial charge in [0.1, 0.15) is 5.82 Å². The molecular formula is C21H31FN4O3. The standard InChI is InChI=1S/C21H31FN4O3/c1-3-29-21(28)26-10-8-18(9-11-26)23-20(27)16(2)24-12-14-25(15-13-24)19-6-4-17(22)5-7-19/h4-7,16,18H,3,8-15H2,1-2H3,(H,23,27). The quantitative estimate of drug-likeness (QED) is 0.811. The minimum Gasteiger partial charge on any atom is -0.450 e. The lowest BCUT2D eigenvalue weighted by Gasteiger charge is -2.39. The van der Waals surface area contributed by atoms with Crippen molar-refractivity contribution in [2.45, 2.75) is 38.8 Å². The first kappa shape index (κ1) is 21.4. The van der Waals surface area contributed by atoms with Gasteiger partial charge in [-0.15, -0.1) is 0 Å². The number of carbonyl (C=O) groups is 2. The fraction of sp³-hybridized carbons (Fsp3) is 0.619. The summed E-state index contributed by atoms with van der Waals surface area (Å²) in [5.74, 6) is -0.194. The first-order chi connectivity index (χ1) is 14.0. The molecule has 29 heavy (non-hydrogen) atoms. The van der Waals surface area contributed by atoms with Crippen molar-refractivity contribution in [3.63, 3.8) is 0 Å². The lowest BCUT2D eigenvalue weighted by molar-refractivity contribution is -0.127. The number of nitrogens with one attached hydrogen (secondary N) is 1. The summed E-state index contributed by atoms with van der Waals surface area (Å²) in [7, 11) is 0. The Morgan fingerprint density at radius 1 is 1.10 bits per heavy atom. The minimum atomic E-state index is -0.273. The summed E-state index contributed by atoms with van der Waals surface area (Å²) in [6, 6.07) is 6.44. The van der Waals surface area contributed by atoms with Crippen LogP contribution in [0.25, 0.3) is 0 Å². The summed E-state index contributed by atoms with van der Waals surface area (Å²) in [6.07, 6.45) is 1.22. The van der Waals surface area contributed by atoms with Gasteiger partial charge in [-0.1, -0.05) is 0 Å². The molecule has 2 saturated heterocycles. The third kappa shape index (κ3) is 5.59. The molecule has 0 bridgehead atoms. The van der Waals surface area contributed by atoms with Crippen molar-refractivity contribution in [2.24, 2.45) is 0 Å². The van der Waals surface area contributed by atoms with Crippen LogP contribution in [0.5, 0.6) is 0 Å². The SMILES string of the molecule is CCOC(=O)N1CCC(NC(=O)C(C)N2CCN(c3ccc(F)cc3)CC2)CC1.